The van der Waals surface area contributed by atoms with E-state index in [4.69, 9.17) is 9.47 Å². The van der Waals surface area contributed by atoms with Crippen molar-refractivity contribution in [3.63, 3.8) is 0 Å². The number of rotatable bonds is 7. The van der Waals surface area contributed by atoms with Gasteiger partial charge >= 0.3 is 6.09 Å². The third-order valence-electron chi connectivity index (χ3n) is 6.49. The van der Waals surface area contributed by atoms with Gasteiger partial charge in [-0.1, -0.05) is 60.7 Å². The highest BCUT2D eigenvalue weighted by Gasteiger charge is 2.51. The van der Waals surface area contributed by atoms with Crippen LogP contribution in [-0.4, -0.2) is 43.2 Å². The standard InChI is InChI=1S/C27H26N2O4/c1-32-23-14-12-20(13-15-23)25-24(26(30)29(25)21-10-6-3-7-11-21)17-28-22(18-33-27(28)31)16-19-8-4-2-5-9-19/h2-15,22,24-25H,16-18H2,1H3/t22-,24-,25+/m0/s1. The maximum atomic E-state index is 13.4. The molecule has 0 aromatic heterocycles. The number of para-hydroxylation sites is 1. The van der Waals surface area contributed by atoms with Crippen LogP contribution >= 0.6 is 0 Å². The number of ether oxygens (including phenoxy) is 2. The molecule has 0 bridgehead atoms. The Morgan fingerprint density at radius 2 is 1.58 bits per heavy atom. The molecule has 168 valence electrons. The summed E-state index contributed by atoms with van der Waals surface area (Å²) in [5.41, 5.74) is 3.00. The maximum Gasteiger partial charge on any atom is 0.410 e. The van der Waals surface area contributed by atoms with Gasteiger partial charge in [0, 0.05) is 12.2 Å². The largest absolute Gasteiger partial charge is 0.497 e. The van der Waals surface area contributed by atoms with Crippen molar-refractivity contribution in [2.45, 2.75) is 18.5 Å². The third kappa shape index (κ3) is 4.04. The monoisotopic (exact) mass is 442 g/mol. The lowest BCUT2D eigenvalue weighted by Crippen LogP contribution is -2.59. The number of carbonyl (C=O) groups is 2. The molecule has 6 nitrogen and oxygen atoms in total. The van der Waals surface area contributed by atoms with Gasteiger partial charge in [0.15, 0.2) is 0 Å². The molecule has 0 aliphatic carbocycles. The van der Waals surface area contributed by atoms with Crippen molar-refractivity contribution < 1.29 is 19.1 Å². The first-order chi connectivity index (χ1) is 16.2. The van der Waals surface area contributed by atoms with Crippen molar-refractivity contribution in [2.24, 2.45) is 5.92 Å². The number of benzene rings is 3. The van der Waals surface area contributed by atoms with Crippen molar-refractivity contribution >= 4 is 17.7 Å². The average Bonchev–Trinajstić information content (AvgIpc) is 3.20. The van der Waals surface area contributed by atoms with E-state index in [0.717, 1.165) is 22.6 Å². The van der Waals surface area contributed by atoms with Crippen molar-refractivity contribution in [2.75, 3.05) is 25.2 Å². The van der Waals surface area contributed by atoms with Gasteiger partial charge in [0.25, 0.3) is 0 Å². The fourth-order valence-electron chi connectivity index (χ4n) is 4.77. The molecule has 33 heavy (non-hydrogen) atoms. The molecule has 2 aliphatic heterocycles. The van der Waals surface area contributed by atoms with Gasteiger partial charge < -0.3 is 19.3 Å². The zero-order valence-corrected chi connectivity index (χ0v) is 18.5. The number of amides is 2. The second kappa shape index (κ2) is 8.98. The SMILES string of the molecule is COc1ccc([C@@H]2[C@H](CN3C(=O)OC[C@@H]3Cc3ccccc3)C(=O)N2c2ccccc2)cc1. The molecule has 2 aliphatic rings. The molecule has 6 heteroatoms. The van der Waals surface area contributed by atoms with Crippen LogP contribution in [0.1, 0.15) is 17.2 Å². The van der Waals surface area contributed by atoms with Crippen LogP contribution in [0.5, 0.6) is 5.75 Å². The van der Waals surface area contributed by atoms with Crippen LogP contribution in [0.15, 0.2) is 84.9 Å². The summed E-state index contributed by atoms with van der Waals surface area (Å²) in [6.07, 6.45) is 0.346. The number of hydrogen-bond donors (Lipinski definition) is 0. The number of hydrogen-bond acceptors (Lipinski definition) is 4. The van der Waals surface area contributed by atoms with E-state index in [9.17, 15) is 9.59 Å². The van der Waals surface area contributed by atoms with Gasteiger partial charge in [0.05, 0.1) is 25.1 Å². The zero-order chi connectivity index (χ0) is 22.8. The Morgan fingerprint density at radius 3 is 2.24 bits per heavy atom. The van der Waals surface area contributed by atoms with E-state index in [1.807, 2.05) is 89.8 Å². The molecule has 3 atom stereocenters. The lowest BCUT2D eigenvalue weighted by molar-refractivity contribution is -0.131. The fraction of sp³-hybridized carbons (Fsp3) is 0.259. The molecular weight excluding hydrogens is 416 g/mol. The molecule has 0 radical (unpaired) electrons. The van der Waals surface area contributed by atoms with Gasteiger partial charge in [0.2, 0.25) is 5.91 Å². The number of nitrogens with zero attached hydrogens (tertiary/aromatic N) is 2. The summed E-state index contributed by atoms with van der Waals surface area (Å²) < 4.78 is 10.7. The first-order valence-electron chi connectivity index (χ1n) is 11.1. The molecule has 2 fully saturated rings. The van der Waals surface area contributed by atoms with Gasteiger partial charge in [0.1, 0.15) is 12.4 Å². The van der Waals surface area contributed by atoms with E-state index in [1.54, 1.807) is 12.0 Å². The molecule has 3 aromatic carbocycles. The number of carbonyl (C=O) groups excluding carboxylic acids is 2. The predicted molar refractivity (Wildman–Crippen MR) is 125 cm³/mol. The summed E-state index contributed by atoms with van der Waals surface area (Å²) in [5.74, 6) is 0.431. The second-order valence-corrected chi connectivity index (χ2v) is 8.44. The maximum absolute atomic E-state index is 13.4. The third-order valence-corrected chi connectivity index (χ3v) is 6.49. The summed E-state index contributed by atoms with van der Waals surface area (Å²) in [4.78, 5) is 29.5. The second-order valence-electron chi connectivity index (χ2n) is 8.44. The van der Waals surface area contributed by atoms with Crippen LogP contribution in [0.3, 0.4) is 0 Å². The minimum atomic E-state index is -0.352. The highest BCUT2D eigenvalue weighted by Crippen LogP contribution is 2.44. The Labute approximate surface area is 193 Å². The van der Waals surface area contributed by atoms with E-state index in [2.05, 4.69) is 0 Å². The molecule has 2 heterocycles. The number of methoxy groups -OCH3 is 1. The molecular formula is C27H26N2O4. The quantitative estimate of drug-likeness (QED) is 0.507. The summed E-state index contributed by atoms with van der Waals surface area (Å²) >= 11 is 0. The fourth-order valence-corrected chi connectivity index (χ4v) is 4.77. The Bertz CT molecular complexity index is 1120. The summed E-state index contributed by atoms with van der Waals surface area (Å²) in [6.45, 7) is 0.666. The zero-order valence-electron chi connectivity index (χ0n) is 18.5. The minimum Gasteiger partial charge on any atom is -0.497 e. The van der Waals surface area contributed by atoms with Crippen molar-refractivity contribution in [1.29, 1.82) is 0 Å². The van der Waals surface area contributed by atoms with Gasteiger partial charge in [-0.25, -0.2) is 4.79 Å². The minimum absolute atomic E-state index is 0.0141. The smallest absolute Gasteiger partial charge is 0.410 e. The molecule has 5 rings (SSSR count). The lowest BCUT2D eigenvalue weighted by Gasteiger charge is -2.48. The lowest BCUT2D eigenvalue weighted by atomic mass is 9.81. The molecule has 0 N–H and O–H groups in total. The highest BCUT2D eigenvalue weighted by atomic mass is 16.6. The molecule has 0 spiro atoms. The molecule has 2 amide bonds. The Morgan fingerprint density at radius 1 is 0.909 bits per heavy atom. The first-order valence-corrected chi connectivity index (χ1v) is 11.1. The number of β-lactam (4-membered cyclic amide) rings is 1. The number of cyclic esters (lactones) is 1. The highest BCUT2D eigenvalue weighted by molar-refractivity contribution is 6.03. The van der Waals surface area contributed by atoms with Crippen molar-refractivity contribution in [3.05, 3.63) is 96.1 Å². The van der Waals surface area contributed by atoms with E-state index in [1.165, 1.54) is 0 Å². The molecule has 0 unspecified atom stereocenters. The number of anilines is 1. The van der Waals surface area contributed by atoms with Crippen LogP contribution in [0.2, 0.25) is 0 Å². The van der Waals surface area contributed by atoms with Gasteiger partial charge in [-0.05, 0) is 41.8 Å². The van der Waals surface area contributed by atoms with Crippen LogP contribution in [-0.2, 0) is 16.0 Å². The van der Waals surface area contributed by atoms with E-state index < -0.39 is 0 Å². The normalized spacial score (nSPS) is 22.2. The van der Waals surface area contributed by atoms with E-state index in [-0.39, 0.29) is 30.0 Å². The molecule has 0 saturated carbocycles. The van der Waals surface area contributed by atoms with Crippen molar-refractivity contribution in [3.8, 4) is 5.75 Å². The summed E-state index contributed by atoms with van der Waals surface area (Å²) in [7, 11) is 1.63. The van der Waals surface area contributed by atoms with Crippen LogP contribution < -0.4 is 9.64 Å². The Hall–Kier alpha value is -3.80. The van der Waals surface area contributed by atoms with Crippen molar-refractivity contribution in [1.82, 2.24) is 4.90 Å². The van der Waals surface area contributed by atoms with Crippen LogP contribution in [0.4, 0.5) is 10.5 Å². The molecule has 2 saturated heterocycles. The Kier molecular flexibility index (Phi) is 5.73. The van der Waals surface area contributed by atoms with Gasteiger partial charge in [-0.15, -0.1) is 0 Å². The topological polar surface area (TPSA) is 59.1 Å². The van der Waals surface area contributed by atoms with E-state index >= 15 is 0 Å². The van der Waals surface area contributed by atoms with Gasteiger partial charge in [-0.2, -0.15) is 0 Å². The Balaban J connectivity index is 1.41. The average molecular weight is 443 g/mol. The predicted octanol–water partition coefficient (Wildman–Crippen LogP) is 4.46. The summed E-state index contributed by atoms with van der Waals surface area (Å²) in [5, 5.41) is 0. The molecule has 3 aromatic rings. The van der Waals surface area contributed by atoms with Crippen LogP contribution in [0.25, 0.3) is 0 Å². The first kappa shape index (κ1) is 21.1. The van der Waals surface area contributed by atoms with Crippen LogP contribution in [0, 0.1) is 5.92 Å². The van der Waals surface area contributed by atoms with Gasteiger partial charge in [-0.3, -0.25) is 4.79 Å². The summed E-state index contributed by atoms with van der Waals surface area (Å²) in [6, 6.07) is 27.2. The van der Waals surface area contributed by atoms with E-state index in [0.29, 0.717) is 19.6 Å².